The van der Waals surface area contributed by atoms with Crippen molar-refractivity contribution < 1.29 is 14.7 Å². The smallest absolute Gasteiger partial charge is 0.328 e. The minimum absolute atomic E-state index is 0.246. The van der Waals surface area contributed by atoms with Gasteiger partial charge in [0.1, 0.15) is 5.54 Å². The van der Waals surface area contributed by atoms with Crippen molar-refractivity contribution in [3.63, 3.8) is 0 Å². The Hall–Kier alpha value is -2.09. The number of amides is 2. The molecule has 3 N–H and O–H groups in total. The van der Waals surface area contributed by atoms with Crippen LogP contribution in [0.4, 0.5) is 4.79 Å². The number of thiazole rings is 1. The van der Waals surface area contributed by atoms with Crippen molar-refractivity contribution in [1.29, 1.82) is 0 Å². The van der Waals surface area contributed by atoms with Gasteiger partial charge >= 0.3 is 12.0 Å². The standard InChI is InChI=1S/C11H14N4O3S/c1-11(2,8(16)17)14-9(18)12-5-7-6-15-3-4-19-10(15)13-7/h3-4,6H,5H2,1-2H3,(H,16,17)(H2,12,14,18). The van der Waals surface area contributed by atoms with Gasteiger partial charge < -0.3 is 15.7 Å². The van der Waals surface area contributed by atoms with E-state index in [1.807, 2.05) is 22.2 Å². The van der Waals surface area contributed by atoms with Gasteiger partial charge in [0.05, 0.1) is 12.2 Å². The topological polar surface area (TPSA) is 95.7 Å². The Bertz CT molecular complexity index is 588. The van der Waals surface area contributed by atoms with E-state index in [2.05, 4.69) is 15.6 Å². The fourth-order valence-corrected chi connectivity index (χ4v) is 2.13. The van der Waals surface area contributed by atoms with E-state index in [1.54, 1.807) is 0 Å². The van der Waals surface area contributed by atoms with Crippen LogP contribution in [0.5, 0.6) is 0 Å². The number of nitrogens with zero attached hydrogens (tertiary/aromatic N) is 2. The van der Waals surface area contributed by atoms with Gasteiger partial charge in [-0.25, -0.2) is 14.6 Å². The summed E-state index contributed by atoms with van der Waals surface area (Å²) in [7, 11) is 0. The van der Waals surface area contributed by atoms with Crippen LogP contribution in [-0.2, 0) is 11.3 Å². The molecule has 0 radical (unpaired) electrons. The van der Waals surface area contributed by atoms with E-state index < -0.39 is 17.5 Å². The van der Waals surface area contributed by atoms with E-state index in [9.17, 15) is 9.59 Å². The minimum atomic E-state index is -1.31. The van der Waals surface area contributed by atoms with Crippen LogP contribution in [0.3, 0.4) is 0 Å². The van der Waals surface area contributed by atoms with Crippen LogP contribution in [-0.4, -0.2) is 32.0 Å². The molecular formula is C11H14N4O3S. The van der Waals surface area contributed by atoms with Crippen LogP contribution in [0.15, 0.2) is 17.8 Å². The number of nitrogens with one attached hydrogen (secondary N) is 2. The molecule has 19 heavy (non-hydrogen) atoms. The highest BCUT2D eigenvalue weighted by Crippen LogP contribution is 2.11. The monoisotopic (exact) mass is 282 g/mol. The van der Waals surface area contributed by atoms with E-state index >= 15 is 0 Å². The molecule has 7 nitrogen and oxygen atoms in total. The number of hydrogen-bond acceptors (Lipinski definition) is 4. The highest BCUT2D eigenvalue weighted by atomic mass is 32.1. The molecule has 2 heterocycles. The van der Waals surface area contributed by atoms with Crippen LogP contribution >= 0.6 is 11.3 Å². The van der Waals surface area contributed by atoms with Crippen molar-refractivity contribution in [2.24, 2.45) is 0 Å². The van der Waals surface area contributed by atoms with E-state index in [1.165, 1.54) is 25.2 Å². The van der Waals surface area contributed by atoms with Gasteiger partial charge in [-0.1, -0.05) is 0 Å². The lowest BCUT2D eigenvalue weighted by molar-refractivity contribution is -0.142. The highest BCUT2D eigenvalue weighted by molar-refractivity contribution is 7.15. The number of rotatable bonds is 4. The Morgan fingerprint density at radius 3 is 2.89 bits per heavy atom. The number of aliphatic carboxylic acids is 1. The molecular weight excluding hydrogens is 268 g/mol. The third-order valence-corrected chi connectivity index (χ3v) is 3.30. The number of carbonyl (C=O) groups excluding carboxylic acids is 1. The van der Waals surface area contributed by atoms with Crippen molar-refractivity contribution in [1.82, 2.24) is 20.0 Å². The van der Waals surface area contributed by atoms with Crippen LogP contribution < -0.4 is 10.6 Å². The molecule has 102 valence electrons. The largest absolute Gasteiger partial charge is 0.480 e. The lowest BCUT2D eigenvalue weighted by Gasteiger charge is -2.20. The zero-order chi connectivity index (χ0) is 14.0. The average Bonchev–Trinajstić information content (AvgIpc) is 2.85. The summed E-state index contributed by atoms with van der Waals surface area (Å²) in [5.74, 6) is -1.09. The first kappa shape index (κ1) is 13.3. The fourth-order valence-electron chi connectivity index (χ4n) is 1.41. The van der Waals surface area contributed by atoms with E-state index in [0.29, 0.717) is 0 Å². The predicted octanol–water partition coefficient (Wildman–Crippen LogP) is 1.06. The summed E-state index contributed by atoms with van der Waals surface area (Å²) in [5.41, 5.74) is -0.589. The van der Waals surface area contributed by atoms with Crippen molar-refractivity contribution in [2.45, 2.75) is 25.9 Å². The first-order valence-electron chi connectivity index (χ1n) is 5.59. The normalized spacial score (nSPS) is 11.5. The molecule has 0 aliphatic rings. The van der Waals surface area contributed by atoms with Gasteiger partial charge in [-0.3, -0.25) is 4.40 Å². The molecule has 0 aliphatic heterocycles. The van der Waals surface area contributed by atoms with Crippen LogP contribution in [0, 0.1) is 0 Å². The number of carboxylic acid groups (broad SMARTS) is 1. The number of carboxylic acids is 1. The lowest BCUT2D eigenvalue weighted by atomic mass is 10.1. The van der Waals surface area contributed by atoms with E-state index in [-0.39, 0.29) is 6.54 Å². The molecule has 0 unspecified atom stereocenters. The molecule has 0 spiro atoms. The number of urea groups is 1. The average molecular weight is 282 g/mol. The second-order valence-electron chi connectivity index (χ2n) is 4.56. The quantitative estimate of drug-likeness (QED) is 0.781. The molecule has 2 rings (SSSR count). The Morgan fingerprint density at radius 1 is 1.53 bits per heavy atom. The van der Waals surface area contributed by atoms with Crippen molar-refractivity contribution >= 4 is 28.3 Å². The third-order valence-electron chi connectivity index (χ3n) is 2.53. The number of aromatic nitrogens is 2. The Kier molecular flexibility index (Phi) is 3.43. The summed E-state index contributed by atoms with van der Waals surface area (Å²) in [6, 6.07) is -0.538. The summed E-state index contributed by atoms with van der Waals surface area (Å²) in [6.07, 6.45) is 3.69. The summed E-state index contributed by atoms with van der Waals surface area (Å²) in [6.45, 7) is 3.08. The minimum Gasteiger partial charge on any atom is -0.480 e. The van der Waals surface area contributed by atoms with E-state index in [0.717, 1.165) is 10.7 Å². The highest BCUT2D eigenvalue weighted by Gasteiger charge is 2.28. The van der Waals surface area contributed by atoms with Gasteiger partial charge in [-0.05, 0) is 13.8 Å². The fraction of sp³-hybridized carbons (Fsp3) is 0.364. The second kappa shape index (κ2) is 4.88. The van der Waals surface area contributed by atoms with Gasteiger partial charge in [-0.15, -0.1) is 11.3 Å². The van der Waals surface area contributed by atoms with Gasteiger partial charge in [0.2, 0.25) is 0 Å². The predicted molar refractivity (Wildman–Crippen MR) is 70.2 cm³/mol. The number of imidazole rings is 1. The Balaban J connectivity index is 1.90. The molecule has 0 aromatic carbocycles. The van der Waals surface area contributed by atoms with Crippen LogP contribution in [0.1, 0.15) is 19.5 Å². The van der Waals surface area contributed by atoms with Crippen LogP contribution in [0.25, 0.3) is 4.96 Å². The SMILES string of the molecule is CC(C)(NC(=O)NCc1cn2ccsc2n1)C(=O)O. The van der Waals surface area contributed by atoms with E-state index in [4.69, 9.17) is 5.11 Å². The Labute approximate surface area is 113 Å². The lowest BCUT2D eigenvalue weighted by Crippen LogP contribution is -2.53. The Morgan fingerprint density at radius 2 is 2.26 bits per heavy atom. The molecule has 2 amide bonds. The van der Waals surface area contributed by atoms with Crippen LogP contribution in [0.2, 0.25) is 0 Å². The number of hydrogen-bond donors (Lipinski definition) is 3. The zero-order valence-electron chi connectivity index (χ0n) is 10.5. The summed E-state index contributed by atoms with van der Waals surface area (Å²) in [5, 5.41) is 15.8. The molecule has 8 heteroatoms. The summed E-state index contributed by atoms with van der Waals surface area (Å²) < 4.78 is 1.86. The van der Waals surface area contributed by atoms with Crippen molar-refractivity contribution in [2.75, 3.05) is 0 Å². The number of carbonyl (C=O) groups is 2. The zero-order valence-corrected chi connectivity index (χ0v) is 11.3. The van der Waals surface area contributed by atoms with Gasteiger partial charge in [0.25, 0.3) is 0 Å². The number of fused-ring (bicyclic) bond motifs is 1. The van der Waals surface area contributed by atoms with Gasteiger partial charge in [0, 0.05) is 17.8 Å². The summed E-state index contributed by atoms with van der Waals surface area (Å²) in [4.78, 5) is 27.6. The molecule has 0 aliphatic carbocycles. The van der Waals surface area contributed by atoms with Gasteiger partial charge in [0.15, 0.2) is 4.96 Å². The molecule has 2 aromatic rings. The molecule has 2 aromatic heterocycles. The van der Waals surface area contributed by atoms with Gasteiger partial charge in [-0.2, -0.15) is 0 Å². The maximum absolute atomic E-state index is 11.6. The van der Waals surface area contributed by atoms with Crippen molar-refractivity contribution in [3.8, 4) is 0 Å². The maximum Gasteiger partial charge on any atom is 0.328 e. The molecule has 0 saturated heterocycles. The molecule has 0 bridgehead atoms. The maximum atomic E-state index is 11.6. The molecule has 0 atom stereocenters. The second-order valence-corrected chi connectivity index (χ2v) is 5.44. The first-order chi connectivity index (χ1) is 8.88. The van der Waals surface area contributed by atoms with Crippen molar-refractivity contribution in [3.05, 3.63) is 23.5 Å². The first-order valence-corrected chi connectivity index (χ1v) is 6.47. The summed E-state index contributed by atoms with van der Waals surface area (Å²) >= 11 is 1.50. The molecule has 0 saturated carbocycles. The molecule has 0 fully saturated rings. The third kappa shape index (κ3) is 3.02.